The summed E-state index contributed by atoms with van der Waals surface area (Å²) in [6, 6.07) is 19.5. The monoisotopic (exact) mass is 346 g/mol. The van der Waals surface area contributed by atoms with Crippen molar-refractivity contribution < 1.29 is 4.79 Å². The smallest absolute Gasteiger partial charge is 0.340 e. The van der Waals surface area contributed by atoms with Gasteiger partial charge in [-0.05, 0) is 28.5 Å². The quantitative estimate of drug-likeness (QED) is 0.570. The number of likely N-dealkylation sites (N-methyl/N-ethyl adjacent to an activating group) is 1. The summed E-state index contributed by atoms with van der Waals surface area (Å²) in [7, 11) is 1.74. The number of amides is 1. The molecule has 26 heavy (non-hydrogen) atoms. The van der Waals surface area contributed by atoms with Gasteiger partial charge in [-0.3, -0.25) is 9.20 Å². The van der Waals surface area contributed by atoms with E-state index in [0.717, 1.165) is 16.3 Å². The molecule has 0 saturated carbocycles. The topological polar surface area (TPSA) is 59.6 Å². The number of benzene rings is 2. The lowest BCUT2D eigenvalue weighted by Gasteiger charge is -2.18. The first-order valence-corrected chi connectivity index (χ1v) is 8.38. The summed E-state index contributed by atoms with van der Waals surface area (Å²) < 4.78 is 2.63. The van der Waals surface area contributed by atoms with Gasteiger partial charge in [-0.15, -0.1) is 5.10 Å². The van der Waals surface area contributed by atoms with Crippen molar-refractivity contribution in [3.05, 3.63) is 82.9 Å². The third kappa shape index (κ3) is 2.86. The van der Waals surface area contributed by atoms with E-state index in [9.17, 15) is 9.59 Å². The first-order chi connectivity index (χ1) is 12.6. The van der Waals surface area contributed by atoms with Crippen molar-refractivity contribution in [3.8, 4) is 0 Å². The van der Waals surface area contributed by atoms with Crippen LogP contribution in [0.2, 0.25) is 0 Å². The Labute approximate surface area is 149 Å². The number of aromatic nitrogens is 3. The van der Waals surface area contributed by atoms with Crippen LogP contribution in [0.15, 0.2) is 71.7 Å². The number of carbonyl (C=O) groups excluding carboxylic acids is 1. The Morgan fingerprint density at radius 1 is 1.04 bits per heavy atom. The number of hydrogen-bond donors (Lipinski definition) is 0. The van der Waals surface area contributed by atoms with Gasteiger partial charge < -0.3 is 4.90 Å². The SMILES string of the molecule is CN(Cc1cccc2ccccc12)C(=O)Cn1nc2ccccn2c1=O. The predicted octanol–water partition coefficient (Wildman–Crippen LogP) is 2.31. The maximum absolute atomic E-state index is 12.6. The van der Waals surface area contributed by atoms with Gasteiger partial charge >= 0.3 is 5.69 Å². The van der Waals surface area contributed by atoms with Gasteiger partial charge in [-0.1, -0.05) is 48.5 Å². The van der Waals surface area contributed by atoms with Crippen molar-refractivity contribution in [1.82, 2.24) is 19.1 Å². The lowest BCUT2D eigenvalue weighted by molar-refractivity contribution is -0.131. The molecular formula is C20H18N4O2. The third-order valence-corrected chi connectivity index (χ3v) is 4.49. The molecule has 0 aliphatic heterocycles. The lowest BCUT2D eigenvalue weighted by atomic mass is 10.0. The van der Waals surface area contributed by atoms with Crippen LogP contribution in [0.1, 0.15) is 5.56 Å². The second-order valence-electron chi connectivity index (χ2n) is 6.26. The summed E-state index contributed by atoms with van der Waals surface area (Å²) in [5, 5.41) is 6.48. The maximum atomic E-state index is 12.6. The molecule has 6 heteroatoms. The Bertz CT molecular complexity index is 1150. The van der Waals surface area contributed by atoms with Crippen LogP contribution in [-0.4, -0.2) is 32.0 Å². The van der Waals surface area contributed by atoms with Crippen LogP contribution in [0.5, 0.6) is 0 Å². The number of nitrogens with zero attached hydrogens (tertiary/aromatic N) is 4. The standard InChI is InChI=1S/C20H18N4O2/c1-22(13-16-9-6-8-15-7-2-3-10-17(15)16)19(25)14-24-20(26)23-12-5-4-11-18(23)21-24/h2-12H,13-14H2,1H3. The van der Waals surface area contributed by atoms with Gasteiger partial charge in [0.25, 0.3) is 0 Å². The summed E-state index contributed by atoms with van der Waals surface area (Å²) in [6.07, 6.45) is 1.64. The van der Waals surface area contributed by atoms with Crippen molar-refractivity contribution in [3.63, 3.8) is 0 Å². The average Bonchev–Trinajstić information content (AvgIpc) is 2.98. The number of pyridine rings is 1. The fourth-order valence-corrected chi connectivity index (χ4v) is 3.09. The minimum Gasteiger partial charge on any atom is -0.340 e. The van der Waals surface area contributed by atoms with Crippen molar-refractivity contribution in [1.29, 1.82) is 0 Å². The molecule has 6 nitrogen and oxygen atoms in total. The fraction of sp³-hybridized carbons (Fsp3) is 0.150. The van der Waals surface area contributed by atoms with Crippen molar-refractivity contribution in [2.45, 2.75) is 13.1 Å². The van der Waals surface area contributed by atoms with E-state index in [-0.39, 0.29) is 18.1 Å². The van der Waals surface area contributed by atoms with E-state index in [2.05, 4.69) is 23.3 Å². The van der Waals surface area contributed by atoms with Crippen LogP contribution in [0.3, 0.4) is 0 Å². The molecule has 0 spiro atoms. The minimum absolute atomic E-state index is 0.0816. The molecule has 0 fully saturated rings. The second-order valence-corrected chi connectivity index (χ2v) is 6.26. The molecule has 0 aliphatic rings. The number of carbonyl (C=O) groups is 1. The van der Waals surface area contributed by atoms with Gasteiger partial charge in [-0.2, -0.15) is 0 Å². The zero-order valence-electron chi connectivity index (χ0n) is 14.4. The summed E-state index contributed by atoms with van der Waals surface area (Å²) >= 11 is 0. The van der Waals surface area contributed by atoms with Crippen LogP contribution < -0.4 is 5.69 Å². The molecule has 0 bridgehead atoms. The molecule has 1 amide bonds. The van der Waals surface area contributed by atoms with Gasteiger partial charge in [0.15, 0.2) is 5.65 Å². The molecule has 0 radical (unpaired) electrons. The zero-order valence-corrected chi connectivity index (χ0v) is 14.4. The molecule has 4 aromatic rings. The highest BCUT2D eigenvalue weighted by Crippen LogP contribution is 2.19. The fourth-order valence-electron chi connectivity index (χ4n) is 3.09. The molecule has 2 aromatic heterocycles. The van der Waals surface area contributed by atoms with Crippen LogP contribution in [-0.2, 0) is 17.9 Å². The van der Waals surface area contributed by atoms with E-state index in [1.165, 1.54) is 9.08 Å². The Kier molecular flexibility index (Phi) is 4.01. The molecule has 0 unspecified atom stereocenters. The average molecular weight is 346 g/mol. The highest BCUT2D eigenvalue weighted by Gasteiger charge is 2.15. The lowest BCUT2D eigenvalue weighted by Crippen LogP contribution is -2.34. The number of rotatable bonds is 4. The van der Waals surface area contributed by atoms with Crippen LogP contribution in [0.25, 0.3) is 16.4 Å². The zero-order chi connectivity index (χ0) is 18.1. The highest BCUT2D eigenvalue weighted by atomic mass is 16.2. The number of fused-ring (bicyclic) bond motifs is 2. The Morgan fingerprint density at radius 3 is 2.65 bits per heavy atom. The van der Waals surface area contributed by atoms with Gasteiger partial charge in [-0.25, -0.2) is 9.48 Å². The summed E-state index contributed by atoms with van der Waals surface area (Å²) in [4.78, 5) is 26.5. The van der Waals surface area contributed by atoms with Gasteiger partial charge in [0.1, 0.15) is 6.54 Å². The predicted molar refractivity (Wildman–Crippen MR) is 99.9 cm³/mol. The van der Waals surface area contributed by atoms with Crippen molar-refractivity contribution in [2.24, 2.45) is 0 Å². The first kappa shape index (κ1) is 16.1. The number of hydrogen-bond acceptors (Lipinski definition) is 3. The maximum Gasteiger partial charge on any atom is 0.350 e. The largest absolute Gasteiger partial charge is 0.350 e. The summed E-state index contributed by atoms with van der Waals surface area (Å²) in [5.74, 6) is -0.163. The third-order valence-electron chi connectivity index (χ3n) is 4.49. The molecule has 4 rings (SSSR count). The van der Waals surface area contributed by atoms with E-state index in [1.54, 1.807) is 36.3 Å². The Morgan fingerprint density at radius 2 is 1.81 bits per heavy atom. The van der Waals surface area contributed by atoms with E-state index in [0.29, 0.717) is 12.2 Å². The molecule has 0 atom stereocenters. The van der Waals surface area contributed by atoms with Gasteiger partial charge in [0, 0.05) is 19.8 Å². The summed E-state index contributed by atoms with van der Waals surface area (Å²) in [6.45, 7) is 0.393. The highest BCUT2D eigenvalue weighted by molar-refractivity contribution is 5.86. The Hall–Kier alpha value is -3.41. The molecular weight excluding hydrogens is 328 g/mol. The molecule has 2 aromatic carbocycles. The van der Waals surface area contributed by atoms with Crippen LogP contribution in [0, 0.1) is 0 Å². The van der Waals surface area contributed by atoms with Crippen LogP contribution >= 0.6 is 0 Å². The molecule has 130 valence electrons. The van der Waals surface area contributed by atoms with Crippen molar-refractivity contribution in [2.75, 3.05) is 7.05 Å². The minimum atomic E-state index is -0.312. The first-order valence-electron chi connectivity index (χ1n) is 8.38. The normalized spacial score (nSPS) is 11.1. The van der Waals surface area contributed by atoms with E-state index < -0.39 is 0 Å². The Balaban J connectivity index is 1.56. The summed E-state index contributed by atoms with van der Waals surface area (Å²) in [5.41, 5.74) is 1.29. The second kappa shape index (κ2) is 6.48. The molecule has 0 N–H and O–H groups in total. The van der Waals surface area contributed by atoms with E-state index in [4.69, 9.17) is 0 Å². The van der Waals surface area contributed by atoms with Gasteiger partial charge in [0.2, 0.25) is 5.91 Å². The van der Waals surface area contributed by atoms with Gasteiger partial charge in [0.05, 0.1) is 0 Å². The molecule has 0 aliphatic carbocycles. The molecule has 2 heterocycles. The molecule has 0 saturated heterocycles. The van der Waals surface area contributed by atoms with Crippen molar-refractivity contribution >= 4 is 22.3 Å². The van der Waals surface area contributed by atoms with Crippen LogP contribution in [0.4, 0.5) is 0 Å². The van der Waals surface area contributed by atoms with E-state index >= 15 is 0 Å². The van der Waals surface area contributed by atoms with E-state index in [1.807, 2.05) is 24.3 Å².